The Morgan fingerprint density at radius 1 is 0.717 bits per heavy atom. The van der Waals surface area contributed by atoms with Crippen molar-refractivity contribution in [2.24, 2.45) is 7.05 Å². The topological polar surface area (TPSA) is 141 Å². The van der Waals surface area contributed by atoms with E-state index in [2.05, 4.69) is 62.0 Å². The first-order valence-electron chi connectivity index (χ1n) is 19.4. The molecule has 0 spiro atoms. The van der Waals surface area contributed by atoms with E-state index in [1.165, 1.54) is 31.9 Å². The van der Waals surface area contributed by atoms with Crippen LogP contribution in [0, 0.1) is 0 Å². The highest BCUT2D eigenvalue weighted by Gasteiger charge is 2.21. The number of benzene rings is 5. The maximum absolute atomic E-state index is 13.8. The van der Waals surface area contributed by atoms with Crippen molar-refractivity contribution in [2.75, 3.05) is 31.4 Å². The second-order valence-corrected chi connectivity index (χ2v) is 14.4. The molecule has 2 N–H and O–H groups in total. The summed E-state index contributed by atoms with van der Waals surface area (Å²) in [5.41, 5.74) is 7.38. The largest absolute Gasteiger partial charge is 0.493 e. The molecule has 0 bridgehead atoms. The zero-order valence-electron chi connectivity index (χ0n) is 33.3. The predicted octanol–water partition coefficient (Wildman–Crippen LogP) is 8.51. The molecule has 3 heterocycles. The first-order chi connectivity index (χ1) is 29.2. The monoisotopic (exact) mass is 798 g/mol. The van der Waals surface area contributed by atoms with Gasteiger partial charge in [-0.3, -0.25) is 28.9 Å². The van der Waals surface area contributed by atoms with Crippen molar-refractivity contribution in [2.45, 2.75) is 19.5 Å². The molecular formula is C48H42N6O6. The number of pyridine rings is 1. The smallest absolute Gasteiger partial charge is 0.291 e. The van der Waals surface area contributed by atoms with Gasteiger partial charge in [-0.15, -0.1) is 0 Å². The minimum Gasteiger partial charge on any atom is -0.493 e. The standard InChI is InChI=1S/C48H42N6O6/c1-53-41-18-15-32(21-36(41)28-50-53)29-54(30-33-22-35(27-49-26-33)34-9-5-4-6-10-34)20-19-31-13-16-37(17-14-31)51-47(56)39-23-44(58-2)45(59-3)24-40(39)52-48(57)46-25-42(55)38-11-7-8-12-43(38)60-46/h4-18,21-28H,19-20,29-30H2,1-3H3,(H,51,56)(H,52,57). The van der Waals surface area contributed by atoms with Crippen LogP contribution in [0.2, 0.25) is 0 Å². The number of rotatable bonds is 14. The van der Waals surface area contributed by atoms with Gasteiger partial charge in [0, 0.05) is 67.8 Å². The van der Waals surface area contributed by atoms with Crippen molar-refractivity contribution in [3.63, 3.8) is 0 Å². The normalized spacial score (nSPS) is 11.2. The Morgan fingerprint density at radius 3 is 2.25 bits per heavy atom. The van der Waals surface area contributed by atoms with E-state index >= 15 is 0 Å². The molecule has 12 nitrogen and oxygen atoms in total. The second-order valence-electron chi connectivity index (χ2n) is 14.4. The number of ether oxygens (including phenoxy) is 2. The molecule has 0 saturated heterocycles. The van der Waals surface area contributed by atoms with Gasteiger partial charge in [0.25, 0.3) is 11.8 Å². The van der Waals surface area contributed by atoms with E-state index in [4.69, 9.17) is 13.9 Å². The molecule has 8 rings (SSSR count). The summed E-state index contributed by atoms with van der Waals surface area (Å²) in [6, 6.07) is 37.4. The van der Waals surface area contributed by atoms with Gasteiger partial charge in [-0.05, 0) is 77.2 Å². The summed E-state index contributed by atoms with van der Waals surface area (Å²) in [6.07, 6.45) is 6.48. The number of carbonyl (C=O) groups is 2. The third kappa shape index (κ3) is 8.79. The van der Waals surface area contributed by atoms with Crippen LogP contribution in [0.25, 0.3) is 33.0 Å². The predicted molar refractivity (Wildman–Crippen MR) is 233 cm³/mol. The molecule has 300 valence electrons. The van der Waals surface area contributed by atoms with E-state index in [0.717, 1.165) is 58.7 Å². The minimum atomic E-state index is -0.713. The van der Waals surface area contributed by atoms with Crippen LogP contribution in [0.1, 0.15) is 37.6 Å². The van der Waals surface area contributed by atoms with E-state index in [-0.39, 0.29) is 28.0 Å². The number of carbonyl (C=O) groups excluding carboxylic acids is 2. The van der Waals surface area contributed by atoms with Gasteiger partial charge in [0.05, 0.1) is 42.6 Å². The number of nitrogens with one attached hydrogen (secondary N) is 2. The highest BCUT2D eigenvalue weighted by Crippen LogP contribution is 2.34. The summed E-state index contributed by atoms with van der Waals surface area (Å²) in [4.78, 5) is 47.0. The fourth-order valence-corrected chi connectivity index (χ4v) is 7.21. The number of fused-ring (bicyclic) bond motifs is 2. The lowest BCUT2D eigenvalue weighted by Gasteiger charge is -2.23. The van der Waals surface area contributed by atoms with Crippen LogP contribution < -0.4 is 25.5 Å². The number of aryl methyl sites for hydroxylation is 1. The van der Waals surface area contributed by atoms with Gasteiger partial charge in [0.15, 0.2) is 22.7 Å². The summed E-state index contributed by atoms with van der Waals surface area (Å²) in [5.74, 6) is -0.834. The molecule has 60 heavy (non-hydrogen) atoms. The van der Waals surface area contributed by atoms with Crippen molar-refractivity contribution in [1.82, 2.24) is 19.7 Å². The number of aromatic nitrogens is 3. The number of anilines is 2. The van der Waals surface area contributed by atoms with Crippen LogP contribution in [-0.2, 0) is 26.6 Å². The molecule has 0 aliphatic heterocycles. The zero-order chi connectivity index (χ0) is 41.6. The summed E-state index contributed by atoms with van der Waals surface area (Å²) in [5, 5.41) is 11.5. The molecule has 3 aromatic heterocycles. The van der Waals surface area contributed by atoms with Crippen molar-refractivity contribution in [3.8, 4) is 22.6 Å². The average Bonchev–Trinajstić information content (AvgIpc) is 3.65. The van der Waals surface area contributed by atoms with Crippen molar-refractivity contribution in [3.05, 3.63) is 178 Å². The Bertz CT molecular complexity index is 2890. The highest BCUT2D eigenvalue weighted by molar-refractivity contribution is 6.12. The number of nitrogens with zero attached hydrogens (tertiary/aromatic N) is 4. The van der Waals surface area contributed by atoms with E-state index in [9.17, 15) is 14.4 Å². The van der Waals surface area contributed by atoms with E-state index in [1.54, 1.807) is 24.3 Å². The summed E-state index contributed by atoms with van der Waals surface area (Å²) in [6.45, 7) is 2.19. The molecule has 12 heteroatoms. The van der Waals surface area contributed by atoms with Crippen LogP contribution in [0.5, 0.6) is 11.5 Å². The van der Waals surface area contributed by atoms with Crippen LogP contribution in [0.4, 0.5) is 11.4 Å². The lowest BCUT2D eigenvalue weighted by molar-refractivity contribution is 0.0997. The van der Waals surface area contributed by atoms with E-state index < -0.39 is 11.8 Å². The number of hydrogen-bond donors (Lipinski definition) is 2. The van der Waals surface area contributed by atoms with Crippen LogP contribution in [0.15, 0.2) is 149 Å². The van der Waals surface area contributed by atoms with Crippen molar-refractivity contribution in [1.29, 1.82) is 0 Å². The highest BCUT2D eigenvalue weighted by atomic mass is 16.5. The van der Waals surface area contributed by atoms with Crippen LogP contribution in [0.3, 0.4) is 0 Å². The number of amides is 2. The zero-order valence-corrected chi connectivity index (χ0v) is 33.3. The fraction of sp³-hybridized carbons (Fsp3) is 0.146. The molecule has 0 saturated carbocycles. The number of para-hydroxylation sites is 1. The van der Waals surface area contributed by atoms with E-state index in [0.29, 0.717) is 29.1 Å². The summed E-state index contributed by atoms with van der Waals surface area (Å²) < 4.78 is 18.6. The van der Waals surface area contributed by atoms with E-state index in [1.807, 2.05) is 72.8 Å². The maximum Gasteiger partial charge on any atom is 0.291 e. The molecule has 0 aliphatic rings. The molecule has 0 radical (unpaired) electrons. The molecule has 8 aromatic rings. The molecule has 0 fully saturated rings. The lowest BCUT2D eigenvalue weighted by atomic mass is 10.1. The Kier molecular flexibility index (Phi) is 11.5. The molecule has 0 atom stereocenters. The van der Waals surface area contributed by atoms with Crippen molar-refractivity contribution < 1.29 is 23.5 Å². The first kappa shape index (κ1) is 39.3. The third-order valence-corrected chi connectivity index (χ3v) is 10.3. The van der Waals surface area contributed by atoms with Gasteiger partial charge < -0.3 is 24.5 Å². The Morgan fingerprint density at radius 2 is 1.45 bits per heavy atom. The van der Waals surface area contributed by atoms with Crippen LogP contribution in [-0.4, -0.2) is 52.2 Å². The number of hydrogen-bond acceptors (Lipinski definition) is 9. The van der Waals surface area contributed by atoms with Crippen LogP contribution >= 0.6 is 0 Å². The number of methoxy groups -OCH3 is 2. The summed E-state index contributed by atoms with van der Waals surface area (Å²) in [7, 11) is 4.86. The minimum absolute atomic E-state index is 0.110. The van der Waals surface area contributed by atoms with Gasteiger partial charge in [0.2, 0.25) is 0 Å². The Labute approximate surface area is 346 Å². The Hall–Kier alpha value is -7.57. The third-order valence-electron chi connectivity index (χ3n) is 10.3. The average molecular weight is 799 g/mol. The molecule has 5 aromatic carbocycles. The molecular weight excluding hydrogens is 757 g/mol. The second kappa shape index (κ2) is 17.5. The van der Waals surface area contributed by atoms with Gasteiger partial charge in [0.1, 0.15) is 5.58 Å². The lowest BCUT2D eigenvalue weighted by Crippen LogP contribution is -2.25. The van der Waals surface area contributed by atoms with Crippen molar-refractivity contribution >= 4 is 45.1 Å². The summed E-state index contributed by atoms with van der Waals surface area (Å²) >= 11 is 0. The fourth-order valence-electron chi connectivity index (χ4n) is 7.21. The SMILES string of the molecule is COc1cc(NC(=O)c2cc(=O)c3ccccc3o2)c(C(=O)Nc2ccc(CCN(Cc3cncc(-c4ccccc4)c3)Cc3ccc4c(cnn4C)c3)cc2)cc1OC. The van der Waals surface area contributed by atoms with Gasteiger partial charge in [-0.2, -0.15) is 5.10 Å². The molecule has 2 amide bonds. The van der Waals surface area contributed by atoms with Gasteiger partial charge in [-0.1, -0.05) is 60.7 Å². The Balaban J connectivity index is 0.984. The van der Waals surface area contributed by atoms with Gasteiger partial charge in [-0.25, -0.2) is 0 Å². The molecule has 0 aliphatic carbocycles. The van der Waals surface area contributed by atoms with Gasteiger partial charge >= 0.3 is 0 Å². The molecule has 0 unspecified atom stereocenters. The first-order valence-corrected chi connectivity index (χ1v) is 19.4. The maximum atomic E-state index is 13.8. The quantitative estimate of drug-likeness (QED) is 0.111.